The smallest absolute Gasteiger partial charge is 0.410 e. The fraction of sp³-hybridized carbons (Fsp3) is 0.417. The van der Waals surface area contributed by atoms with Crippen LogP contribution in [0.4, 0.5) is 9.18 Å². The summed E-state index contributed by atoms with van der Waals surface area (Å²) in [5.74, 6) is 0.441. The number of benzene rings is 2. The second-order valence-electron chi connectivity index (χ2n) is 13.6. The van der Waals surface area contributed by atoms with Gasteiger partial charge in [0.15, 0.2) is 0 Å². The number of allylic oxidation sites excluding steroid dienone is 1. The SMILES string of the molecule is CC(C)COc1cncc(C(=O)N[C@H](C)c2ccc(C(=C3CC4(C3)CN(C(=O)OC(C)(C)C)C4)c3ccc(F)cc3)cc2)c1. The van der Waals surface area contributed by atoms with E-state index < -0.39 is 5.60 Å². The van der Waals surface area contributed by atoms with Crippen molar-refractivity contribution in [3.63, 3.8) is 0 Å². The van der Waals surface area contributed by atoms with Gasteiger partial charge in [-0.1, -0.05) is 55.8 Å². The first-order valence-corrected chi connectivity index (χ1v) is 15.3. The molecule has 8 heteroatoms. The quantitative estimate of drug-likeness (QED) is 0.289. The predicted octanol–water partition coefficient (Wildman–Crippen LogP) is 7.58. The summed E-state index contributed by atoms with van der Waals surface area (Å²) in [6.07, 6.45) is 4.64. The fourth-order valence-corrected chi connectivity index (χ4v) is 5.85. The average Bonchev–Trinajstić information content (AvgIpc) is 2.92. The molecule has 1 saturated heterocycles. The predicted molar refractivity (Wildman–Crippen MR) is 169 cm³/mol. The molecule has 3 aromatic rings. The number of amides is 2. The summed E-state index contributed by atoms with van der Waals surface area (Å²) < 4.78 is 25.1. The third kappa shape index (κ3) is 7.29. The zero-order valence-electron chi connectivity index (χ0n) is 26.4. The minimum absolute atomic E-state index is 0.0717. The van der Waals surface area contributed by atoms with Gasteiger partial charge in [-0.25, -0.2) is 9.18 Å². The second kappa shape index (κ2) is 12.4. The van der Waals surface area contributed by atoms with E-state index in [1.54, 1.807) is 17.2 Å². The lowest BCUT2D eigenvalue weighted by Gasteiger charge is -2.57. The third-order valence-corrected chi connectivity index (χ3v) is 7.97. The Morgan fingerprint density at radius 2 is 1.57 bits per heavy atom. The molecule has 1 spiro atoms. The summed E-state index contributed by atoms with van der Waals surface area (Å²) >= 11 is 0. The van der Waals surface area contributed by atoms with Crippen LogP contribution in [0.1, 0.15) is 87.5 Å². The second-order valence-corrected chi connectivity index (χ2v) is 13.6. The van der Waals surface area contributed by atoms with Crippen molar-refractivity contribution in [2.45, 2.75) is 66.0 Å². The van der Waals surface area contributed by atoms with Crippen LogP contribution < -0.4 is 10.1 Å². The van der Waals surface area contributed by atoms with E-state index in [1.165, 1.54) is 23.9 Å². The highest BCUT2D eigenvalue weighted by atomic mass is 19.1. The first kappa shape index (κ1) is 31.2. The molecule has 1 aliphatic heterocycles. The summed E-state index contributed by atoms with van der Waals surface area (Å²) in [6, 6.07) is 16.2. The molecular formula is C36H42FN3O4. The number of aromatic nitrogens is 1. The number of rotatable bonds is 8. The van der Waals surface area contributed by atoms with Gasteiger partial charge in [0, 0.05) is 24.7 Å². The number of hydrogen-bond donors (Lipinski definition) is 1. The van der Waals surface area contributed by atoms with E-state index >= 15 is 0 Å². The van der Waals surface area contributed by atoms with E-state index in [0.29, 0.717) is 36.9 Å². The van der Waals surface area contributed by atoms with Crippen molar-refractivity contribution >= 4 is 17.6 Å². The maximum atomic E-state index is 13.8. The highest BCUT2D eigenvalue weighted by Crippen LogP contribution is 2.54. The van der Waals surface area contributed by atoms with Crippen molar-refractivity contribution in [3.05, 3.63) is 101 Å². The molecule has 1 N–H and O–H groups in total. The van der Waals surface area contributed by atoms with Crippen molar-refractivity contribution in [1.82, 2.24) is 15.2 Å². The lowest BCUT2D eigenvalue weighted by atomic mass is 9.59. The third-order valence-electron chi connectivity index (χ3n) is 7.97. The highest BCUT2D eigenvalue weighted by Gasteiger charge is 2.53. The Labute approximate surface area is 259 Å². The number of hydrogen-bond acceptors (Lipinski definition) is 5. The molecule has 232 valence electrons. The zero-order chi connectivity index (χ0) is 31.6. The molecule has 5 rings (SSSR count). The molecule has 1 atom stereocenters. The van der Waals surface area contributed by atoms with Gasteiger partial charge < -0.3 is 19.7 Å². The van der Waals surface area contributed by atoms with Gasteiger partial charge in [0.1, 0.15) is 17.2 Å². The molecule has 44 heavy (non-hydrogen) atoms. The Morgan fingerprint density at radius 3 is 2.16 bits per heavy atom. The van der Waals surface area contributed by atoms with Crippen LogP contribution in [-0.2, 0) is 4.74 Å². The lowest BCUT2D eigenvalue weighted by Crippen LogP contribution is -2.62. The summed E-state index contributed by atoms with van der Waals surface area (Å²) in [4.78, 5) is 31.4. The maximum absolute atomic E-state index is 13.8. The molecule has 0 radical (unpaired) electrons. The molecule has 2 amide bonds. The molecule has 2 aromatic carbocycles. The largest absolute Gasteiger partial charge is 0.492 e. The summed E-state index contributed by atoms with van der Waals surface area (Å²) in [6.45, 7) is 13.6. The van der Waals surface area contributed by atoms with Gasteiger partial charge in [-0.15, -0.1) is 0 Å². The molecule has 1 aromatic heterocycles. The van der Waals surface area contributed by atoms with Crippen LogP contribution in [0.3, 0.4) is 0 Å². The van der Waals surface area contributed by atoms with Gasteiger partial charge in [-0.05, 0) is 86.9 Å². The van der Waals surface area contributed by atoms with E-state index in [1.807, 2.05) is 52.0 Å². The summed E-state index contributed by atoms with van der Waals surface area (Å²) in [5.41, 5.74) is 5.34. The lowest BCUT2D eigenvalue weighted by molar-refractivity contribution is -0.0500. The van der Waals surface area contributed by atoms with E-state index in [2.05, 4.69) is 36.3 Å². The Morgan fingerprint density at radius 1 is 0.955 bits per heavy atom. The Balaban J connectivity index is 1.28. The number of nitrogens with zero attached hydrogens (tertiary/aromatic N) is 2. The number of halogens is 1. The molecule has 0 unspecified atom stereocenters. The van der Waals surface area contributed by atoms with Crippen molar-refractivity contribution in [1.29, 1.82) is 0 Å². The van der Waals surface area contributed by atoms with Crippen LogP contribution in [0.25, 0.3) is 5.57 Å². The highest BCUT2D eigenvalue weighted by molar-refractivity contribution is 5.94. The first-order chi connectivity index (χ1) is 20.8. The maximum Gasteiger partial charge on any atom is 0.410 e. The van der Waals surface area contributed by atoms with E-state index in [4.69, 9.17) is 9.47 Å². The Kier molecular flexibility index (Phi) is 8.82. The number of ether oxygens (including phenoxy) is 2. The normalized spacial score (nSPS) is 16.2. The van der Waals surface area contributed by atoms with Crippen LogP contribution >= 0.6 is 0 Å². The Bertz CT molecular complexity index is 1520. The number of nitrogens with one attached hydrogen (secondary N) is 1. The summed E-state index contributed by atoms with van der Waals surface area (Å²) in [7, 11) is 0. The molecule has 7 nitrogen and oxygen atoms in total. The van der Waals surface area contributed by atoms with Crippen LogP contribution in [-0.4, -0.2) is 47.2 Å². The minimum atomic E-state index is -0.517. The molecular weight excluding hydrogens is 557 g/mol. The van der Waals surface area contributed by atoms with E-state index in [0.717, 1.165) is 35.1 Å². The van der Waals surface area contributed by atoms with E-state index in [9.17, 15) is 14.0 Å². The fourth-order valence-electron chi connectivity index (χ4n) is 5.85. The molecule has 2 heterocycles. The van der Waals surface area contributed by atoms with Crippen molar-refractivity contribution in [2.24, 2.45) is 11.3 Å². The zero-order valence-corrected chi connectivity index (χ0v) is 26.4. The standard InChI is InChI=1S/C36H42FN3O4/c1-23(2)20-43-31-15-28(18-38-19-31)33(41)39-24(3)25-7-9-26(10-8-25)32(27-11-13-30(37)14-12-27)29-16-36(17-29)21-40(22-36)34(42)44-35(4,5)6/h7-15,18-19,23-24H,16-17,20-22H2,1-6H3,(H,39,41)/t24-/m1/s1. The van der Waals surface area contributed by atoms with Crippen LogP contribution in [0.5, 0.6) is 5.75 Å². The number of carbonyl (C=O) groups is 2. The molecule has 0 bridgehead atoms. The van der Waals surface area contributed by atoms with Crippen molar-refractivity contribution in [2.75, 3.05) is 19.7 Å². The van der Waals surface area contributed by atoms with Crippen LogP contribution in [0, 0.1) is 17.2 Å². The average molecular weight is 600 g/mol. The van der Waals surface area contributed by atoms with Gasteiger partial charge >= 0.3 is 6.09 Å². The van der Waals surface area contributed by atoms with Gasteiger partial charge in [0.2, 0.25) is 0 Å². The number of carbonyl (C=O) groups excluding carboxylic acids is 2. The van der Waals surface area contributed by atoms with Crippen molar-refractivity contribution < 1.29 is 23.5 Å². The minimum Gasteiger partial charge on any atom is -0.492 e. The number of pyridine rings is 1. The van der Waals surface area contributed by atoms with E-state index in [-0.39, 0.29) is 29.3 Å². The molecule has 2 fully saturated rings. The van der Waals surface area contributed by atoms with Gasteiger partial charge in [-0.2, -0.15) is 0 Å². The first-order valence-electron chi connectivity index (χ1n) is 15.3. The van der Waals surface area contributed by atoms with Gasteiger partial charge in [-0.3, -0.25) is 9.78 Å². The van der Waals surface area contributed by atoms with Gasteiger partial charge in [0.05, 0.1) is 24.4 Å². The monoisotopic (exact) mass is 599 g/mol. The topological polar surface area (TPSA) is 80.8 Å². The van der Waals surface area contributed by atoms with Gasteiger partial charge in [0.25, 0.3) is 5.91 Å². The molecule has 2 aliphatic rings. The summed E-state index contributed by atoms with van der Waals surface area (Å²) in [5, 5.41) is 3.06. The van der Waals surface area contributed by atoms with Crippen LogP contribution in [0.2, 0.25) is 0 Å². The molecule has 1 saturated carbocycles. The van der Waals surface area contributed by atoms with Crippen LogP contribution in [0.15, 0.2) is 72.6 Å². The number of likely N-dealkylation sites (tertiary alicyclic amines) is 1. The molecule has 1 aliphatic carbocycles. The van der Waals surface area contributed by atoms with Crippen molar-refractivity contribution in [3.8, 4) is 5.75 Å². The Hall–Kier alpha value is -4.20.